The van der Waals surface area contributed by atoms with Gasteiger partial charge in [-0.1, -0.05) is 62.9 Å². The van der Waals surface area contributed by atoms with E-state index >= 15 is 0 Å². The minimum Gasteiger partial charge on any atom is -0.489 e. The fourth-order valence-corrected chi connectivity index (χ4v) is 3.36. The van der Waals surface area contributed by atoms with Gasteiger partial charge in [-0.15, -0.1) is 0 Å². The fraction of sp³-hybridized carbons (Fsp3) is 0.292. The molecule has 1 atom stereocenters. The summed E-state index contributed by atoms with van der Waals surface area (Å²) < 4.78 is 7.94. The lowest BCUT2D eigenvalue weighted by Crippen LogP contribution is -2.29. The first-order valence-corrected chi connectivity index (χ1v) is 9.73. The van der Waals surface area contributed by atoms with Crippen LogP contribution in [0.3, 0.4) is 0 Å². The highest BCUT2D eigenvalue weighted by molar-refractivity contribution is 6.00. The van der Waals surface area contributed by atoms with Crippen molar-refractivity contribution in [2.75, 3.05) is 13.2 Å². The van der Waals surface area contributed by atoms with E-state index in [0.29, 0.717) is 24.8 Å². The van der Waals surface area contributed by atoms with Gasteiger partial charge in [-0.3, -0.25) is 4.79 Å². The third-order valence-corrected chi connectivity index (χ3v) is 4.77. The van der Waals surface area contributed by atoms with Crippen LogP contribution in [0.25, 0.3) is 10.9 Å². The molecule has 1 heterocycles. The molecule has 28 heavy (non-hydrogen) atoms. The molecule has 1 amide bonds. The van der Waals surface area contributed by atoms with Gasteiger partial charge in [-0.2, -0.15) is 0 Å². The molecule has 1 aromatic heterocycles. The molecule has 3 aromatic rings. The van der Waals surface area contributed by atoms with Gasteiger partial charge < -0.3 is 14.6 Å². The van der Waals surface area contributed by atoms with Crippen LogP contribution in [0.1, 0.15) is 42.9 Å². The number of hydrogen-bond acceptors (Lipinski definition) is 2. The number of fused-ring (bicyclic) bond motifs is 1. The molecule has 146 valence electrons. The quantitative estimate of drug-likeness (QED) is 0.549. The van der Waals surface area contributed by atoms with Crippen molar-refractivity contribution in [1.29, 1.82) is 0 Å². The van der Waals surface area contributed by atoms with Crippen LogP contribution in [0.15, 0.2) is 67.3 Å². The summed E-state index contributed by atoms with van der Waals surface area (Å²) in [5.41, 5.74) is 2.77. The summed E-state index contributed by atoms with van der Waals surface area (Å²) >= 11 is 0. The van der Waals surface area contributed by atoms with Crippen LogP contribution < -0.4 is 10.1 Å². The van der Waals surface area contributed by atoms with Crippen molar-refractivity contribution in [2.24, 2.45) is 5.92 Å². The molecule has 0 aliphatic rings. The summed E-state index contributed by atoms with van der Waals surface area (Å²) in [6.07, 6.45) is 1.72. The molecule has 0 spiro atoms. The van der Waals surface area contributed by atoms with E-state index in [1.54, 1.807) is 6.08 Å². The van der Waals surface area contributed by atoms with Gasteiger partial charge in [0.2, 0.25) is 0 Å². The van der Waals surface area contributed by atoms with E-state index < -0.39 is 0 Å². The molecule has 4 heteroatoms. The third-order valence-electron chi connectivity index (χ3n) is 4.77. The molecular weight excluding hydrogens is 348 g/mol. The second kappa shape index (κ2) is 8.79. The van der Waals surface area contributed by atoms with E-state index in [1.807, 2.05) is 42.5 Å². The minimum absolute atomic E-state index is 0.00755. The predicted molar refractivity (Wildman–Crippen MR) is 115 cm³/mol. The monoisotopic (exact) mass is 376 g/mol. The van der Waals surface area contributed by atoms with Crippen molar-refractivity contribution in [1.82, 2.24) is 9.88 Å². The molecule has 0 saturated carbocycles. The molecular formula is C24H28N2O2. The van der Waals surface area contributed by atoms with E-state index in [0.717, 1.165) is 22.2 Å². The van der Waals surface area contributed by atoms with Gasteiger partial charge in [0, 0.05) is 11.9 Å². The van der Waals surface area contributed by atoms with Crippen molar-refractivity contribution in [3.05, 3.63) is 78.5 Å². The zero-order chi connectivity index (χ0) is 20.1. The van der Waals surface area contributed by atoms with E-state index in [9.17, 15) is 4.79 Å². The lowest BCUT2D eigenvalue weighted by molar-refractivity contribution is 0.0939. The molecule has 0 fully saturated rings. The molecule has 4 nitrogen and oxygen atoms in total. The third kappa shape index (κ3) is 4.11. The number of aromatic nitrogens is 1. The van der Waals surface area contributed by atoms with Crippen LogP contribution >= 0.6 is 0 Å². The zero-order valence-corrected chi connectivity index (χ0v) is 16.8. The smallest absolute Gasteiger partial charge is 0.267 e. The number of benzene rings is 2. The Kier molecular flexibility index (Phi) is 6.19. The van der Waals surface area contributed by atoms with Crippen LogP contribution in [-0.2, 0) is 0 Å². The Labute approximate surface area is 166 Å². The first-order chi connectivity index (χ1) is 13.5. The number of hydrogen-bond donors (Lipinski definition) is 1. The summed E-state index contributed by atoms with van der Waals surface area (Å²) in [6, 6.07) is 18.1. The fourth-order valence-electron chi connectivity index (χ4n) is 3.36. The van der Waals surface area contributed by atoms with Crippen molar-refractivity contribution in [3.63, 3.8) is 0 Å². The molecule has 0 bridgehead atoms. The summed E-state index contributed by atoms with van der Waals surface area (Å²) in [4.78, 5) is 13.0. The molecule has 0 saturated heterocycles. The van der Waals surface area contributed by atoms with Crippen LogP contribution in [0.2, 0.25) is 0 Å². The summed E-state index contributed by atoms with van der Waals surface area (Å²) in [7, 11) is 0. The Morgan fingerprint density at radius 2 is 1.89 bits per heavy atom. The summed E-state index contributed by atoms with van der Waals surface area (Å²) in [5.74, 6) is 1.08. The zero-order valence-electron chi connectivity index (χ0n) is 16.8. The lowest BCUT2D eigenvalue weighted by atomic mass is 10.1. The van der Waals surface area contributed by atoms with Crippen LogP contribution in [0.4, 0.5) is 0 Å². The maximum atomic E-state index is 13.0. The van der Waals surface area contributed by atoms with Gasteiger partial charge in [-0.25, -0.2) is 0 Å². The SMILES string of the molecule is C=CCOc1cccc2c1cc(C(=O)NCC(C)C)n2C(C)c1ccccc1. The maximum absolute atomic E-state index is 13.0. The number of ether oxygens (including phenoxy) is 1. The van der Waals surface area contributed by atoms with E-state index in [-0.39, 0.29) is 11.9 Å². The highest BCUT2D eigenvalue weighted by Gasteiger charge is 2.22. The van der Waals surface area contributed by atoms with Gasteiger partial charge in [0.15, 0.2) is 0 Å². The molecule has 2 aromatic carbocycles. The number of carbonyl (C=O) groups excluding carboxylic acids is 1. The maximum Gasteiger partial charge on any atom is 0.267 e. The largest absolute Gasteiger partial charge is 0.489 e. The Morgan fingerprint density at radius 1 is 1.14 bits per heavy atom. The number of nitrogens with zero attached hydrogens (tertiary/aromatic N) is 1. The second-order valence-corrected chi connectivity index (χ2v) is 7.38. The normalized spacial score (nSPS) is 12.1. The van der Waals surface area contributed by atoms with Crippen LogP contribution in [-0.4, -0.2) is 23.6 Å². The van der Waals surface area contributed by atoms with Gasteiger partial charge >= 0.3 is 0 Å². The van der Waals surface area contributed by atoms with Crippen LogP contribution in [0.5, 0.6) is 5.75 Å². The van der Waals surface area contributed by atoms with Crippen molar-refractivity contribution < 1.29 is 9.53 Å². The Morgan fingerprint density at radius 3 is 2.57 bits per heavy atom. The first-order valence-electron chi connectivity index (χ1n) is 9.73. The Hall–Kier alpha value is -3.01. The highest BCUT2D eigenvalue weighted by Crippen LogP contribution is 2.33. The molecule has 1 N–H and O–H groups in total. The summed E-state index contributed by atoms with van der Waals surface area (Å²) in [6.45, 7) is 11.1. The first kappa shape index (κ1) is 19.7. The minimum atomic E-state index is -0.0673. The van der Waals surface area contributed by atoms with E-state index in [2.05, 4.69) is 49.4 Å². The van der Waals surface area contributed by atoms with Gasteiger partial charge in [0.05, 0.1) is 11.6 Å². The highest BCUT2D eigenvalue weighted by atomic mass is 16.5. The van der Waals surface area contributed by atoms with Gasteiger partial charge in [0.1, 0.15) is 18.1 Å². The van der Waals surface area contributed by atoms with Crippen LogP contribution in [0, 0.1) is 5.92 Å². The number of nitrogens with one attached hydrogen (secondary N) is 1. The average molecular weight is 377 g/mol. The van der Waals surface area contributed by atoms with Crippen molar-refractivity contribution >= 4 is 16.8 Å². The van der Waals surface area contributed by atoms with E-state index in [1.165, 1.54) is 0 Å². The average Bonchev–Trinajstić information content (AvgIpc) is 3.10. The number of carbonyl (C=O) groups is 1. The molecule has 1 unspecified atom stereocenters. The molecule has 0 aliphatic carbocycles. The molecule has 0 radical (unpaired) electrons. The number of rotatable bonds is 8. The van der Waals surface area contributed by atoms with Gasteiger partial charge in [0.25, 0.3) is 5.91 Å². The Bertz CT molecular complexity index is 957. The van der Waals surface area contributed by atoms with E-state index in [4.69, 9.17) is 4.74 Å². The van der Waals surface area contributed by atoms with Gasteiger partial charge in [-0.05, 0) is 36.6 Å². The summed E-state index contributed by atoms with van der Waals surface area (Å²) in [5, 5.41) is 3.98. The lowest BCUT2D eigenvalue weighted by Gasteiger charge is -2.19. The second-order valence-electron chi connectivity index (χ2n) is 7.38. The predicted octanol–water partition coefficient (Wildman–Crippen LogP) is 5.20. The number of amides is 1. The Balaban J connectivity index is 2.13. The molecule has 3 rings (SSSR count). The van der Waals surface area contributed by atoms with Crippen molar-refractivity contribution in [2.45, 2.75) is 26.8 Å². The standard InChI is InChI=1S/C24H28N2O2/c1-5-14-28-23-13-9-12-21-20(23)15-22(24(27)25-16-17(2)3)26(21)18(4)19-10-7-6-8-11-19/h5-13,15,17-18H,1,14,16H2,2-4H3,(H,25,27). The molecule has 0 aliphatic heterocycles. The topological polar surface area (TPSA) is 43.3 Å². The van der Waals surface area contributed by atoms with Crippen molar-refractivity contribution in [3.8, 4) is 5.75 Å².